The van der Waals surface area contributed by atoms with Crippen LogP contribution < -0.4 is 4.74 Å². The molecule has 0 saturated carbocycles. The van der Waals surface area contributed by atoms with Gasteiger partial charge in [-0.2, -0.15) is 0 Å². The van der Waals surface area contributed by atoms with E-state index in [1.165, 1.54) is 0 Å². The summed E-state index contributed by atoms with van der Waals surface area (Å²) in [5, 5.41) is 0.628. The monoisotopic (exact) mass is 232 g/mol. The van der Waals surface area contributed by atoms with Crippen molar-refractivity contribution in [3.05, 3.63) is 28.8 Å². The third kappa shape index (κ3) is 2.79. The fourth-order valence-corrected chi connectivity index (χ4v) is 1.52. The number of para-hydroxylation sites is 1. The number of benzene rings is 1. The molecule has 1 unspecified atom stereocenters. The summed E-state index contributed by atoms with van der Waals surface area (Å²) in [6, 6.07) is 5.62. The summed E-state index contributed by atoms with van der Waals surface area (Å²) in [5.41, 5.74) is 0.944. The first-order valence-electron chi connectivity index (χ1n) is 4.69. The zero-order chi connectivity index (χ0) is 10.6. The molecule has 0 aliphatic heterocycles. The Morgan fingerprint density at radius 1 is 1.43 bits per heavy atom. The van der Waals surface area contributed by atoms with E-state index in [0.717, 1.165) is 17.7 Å². The maximum atomic E-state index is 6.03. The molecular weight excluding hydrogens is 219 g/mol. The SMILES string of the molecule is CCC(C)Oc1c(Cl)cccc1CCl. The molecule has 0 spiro atoms. The fraction of sp³-hybridized carbons (Fsp3) is 0.455. The predicted molar refractivity (Wildman–Crippen MR) is 61.4 cm³/mol. The van der Waals surface area contributed by atoms with Gasteiger partial charge in [0.05, 0.1) is 17.0 Å². The average molecular weight is 233 g/mol. The van der Waals surface area contributed by atoms with Gasteiger partial charge in [0.2, 0.25) is 0 Å². The summed E-state index contributed by atoms with van der Waals surface area (Å²) in [6.07, 6.45) is 1.12. The first-order valence-corrected chi connectivity index (χ1v) is 5.60. The Morgan fingerprint density at radius 3 is 2.71 bits per heavy atom. The summed E-state index contributed by atoms with van der Waals surface area (Å²) in [7, 11) is 0. The molecule has 1 aromatic carbocycles. The van der Waals surface area contributed by atoms with Crippen LogP contribution >= 0.6 is 23.2 Å². The molecule has 0 aliphatic carbocycles. The molecule has 1 nitrogen and oxygen atoms in total. The summed E-state index contributed by atoms with van der Waals surface area (Å²) >= 11 is 11.8. The number of hydrogen-bond donors (Lipinski definition) is 0. The molecule has 3 heteroatoms. The molecule has 0 fully saturated rings. The number of alkyl halides is 1. The van der Waals surface area contributed by atoms with Crippen LogP contribution in [0.15, 0.2) is 18.2 Å². The maximum absolute atomic E-state index is 6.03. The number of halogens is 2. The smallest absolute Gasteiger partial charge is 0.142 e. The molecule has 0 N–H and O–H groups in total. The topological polar surface area (TPSA) is 9.23 Å². The Bertz CT molecular complexity index is 299. The normalized spacial score (nSPS) is 12.6. The van der Waals surface area contributed by atoms with Crippen LogP contribution in [0.4, 0.5) is 0 Å². The van der Waals surface area contributed by atoms with Crippen LogP contribution in [0.2, 0.25) is 5.02 Å². The third-order valence-corrected chi connectivity index (χ3v) is 2.67. The van der Waals surface area contributed by atoms with Gasteiger partial charge in [0, 0.05) is 5.56 Å². The zero-order valence-corrected chi connectivity index (χ0v) is 9.90. The van der Waals surface area contributed by atoms with E-state index in [9.17, 15) is 0 Å². The van der Waals surface area contributed by atoms with Gasteiger partial charge in [0.25, 0.3) is 0 Å². The second-order valence-electron chi connectivity index (χ2n) is 3.20. The molecule has 1 aromatic rings. The van der Waals surface area contributed by atoms with Crippen molar-refractivity contribution in [3.8, 4) is 5.75 Å². The molecule has 1 atom stereocenters. The van der Waals surface area contributed by atoms with Gasteiger partial charge in [-0.15, -0.1) is 11.6 Å². The van der Waals surface area contributed by atoms with Crippen molar-refractivity contribution in [3.63, 3.8) is 0 Å². The maximum Gasteiger partial charge on any atom is 0.142 e. The molecular formula is C11H14Cl2O. The Balaban J connectivity index is 2.92. The van der Waals surface area contributed by atoms with E-state index in [0.29, 0.717) is 10.9 Å². The minimum atomic E-state index is 0.164. The molecule has 0 heterocycles. The first-order chi connectivity index (χ1) is 6.69. The third-order valence-electron chi connectivity index (χ3n) is 2.09. The van der Waals surface area contributed by atoms with Gasteiger partial charge >= 0.3 is 0 Å². The Labute approximate surface area is 95.0 Å². The second-order valence-corrected chi connectivity index (χ2v) is 3.87. The van der Waals surface area contributed by atoms with E-state index in [2.05, 4.69) is 6.92 Å². The van der Waals surface area contributed by atoms with Crippen molar-refractivity contribution in [2.75, 3.05) is 0 Å². The second kappa shape index (κ2) is 5.47. The molecule has 78 valence electrons. The van der Waals surface area contributed by atoms with E-state index in [1.807, 2.05) is 25.1 Å². The first kappa shape index (κ1) is 11.7. The molecule has 0 aliphatic rings. The fourth-order valence-electron chi connectivity index (χ4n) is 1.08. The molecule has 0 aromatic heterocycles. The van der Waals surface area contributed by atoms with Crippen molar-refractivity contribution in [2.24, 2.45) is 0 Å². The number of hydrogen-bond acceptors (Lipinski definition) is 1. The van der Waals surface area contributed by atoms with Crippen LogP contribution in [0.3, 0.4) is 0 Å². The summed E-state index contributed by atoms with van der Waals surface area (Å²) in [4.78, 5) is 0. The Morgan fingerprint density at radius 2 is 2.14 bits per heavy atom. The van der Waals surface area contributed by atoms with Crippen LogP contribution in [-0.4, -0.2) is 6.10 Å². The van der Waals surface area contributed by atoms with Crippen molar-refractivity contribution >= 4 is 23.2 Å². The van der Waals surface area contributed by atoms with Crippen molar-refractivity contribution in [1.82, 2.24) is 0 Å². The highest BCUT2D eigenvalue weighted by molar-refractivity contribution is 6.32. The van der Waals surface area contributed by atoms with Gasteiger partial charge < -0.3 is 4.74 Å². The molecule has 14 heavy (non-hydrogen) atoms. The number of ether oxygens (including phenoxy) is 1. The minimum Gasteiger partial charge on any atom is -0.489 e. The summed E-state index contributed by atoms with van der Waals surface area (Å²) in [6.45, 7) is 4.09. The van der Waals surface area contributed by atoms with Gasteiger partial charge in [0.1, 0.15) is 5.75 Å². The summed E-state index contributed by atoms with van der Waals surface area (Å²) < 4.78 is 5.70. The van der Waals surface area contributed by atoms with Crippen LogP contribution in [0.1, 0.15) is 25.8 Å². The lowest BCUT2D eigenvalue weighted by Gasteiger charge is -2.16. The molecule has 1 rings (SSSR count). The van der Waals surface area contributed by atoms with Crippen LogP contribution in [-0.2, 0) is 5.88 Å². The van der Waals surface area contributed by atoms with Crippen molar-refractivity contribution in [2.45, 2.75) is 32.3 Å². The van der Waals surface area contributed by atoms with E-state index >= 15 is 0 Å². The van der Waals surface area contributed by atoms with E-state index in [-0.39, 0.29) is 6.10 Å². The highest BCUT2D eigenvalue weighted by Gasteiger charge is 2.10. The lowest BCUT2D eigenvalue weighted by Crippen LogP contribution is -2.11. The highest BCUT2D eigenvalue weighted by atomic mass is 35.5. The Kier molecular flexibility index (Phi) is 4.56. The summed E-state index contributed by atoms with van der Waals surface area (Å²) in [5.74, 6) is 1.14. The predicted octanol–water partition coefficient (Wildman–Crippen LogP) is 4.26. The molecule has 0 radical (unpaired) electrons. The van der Waals surface area contributed by atoms with Gasteiger partial charge in [-0.05, 0) is 19.4 Å². The van der Waals surface area contributed by atoms with E-state index in [1.54, 1.807) is 0 Å². The van der Waals surface area contributed by atoms with Crippen LogP contribution in [0.5, 0.6) is 5.75 Å². The highest BCUT2D eigenvalue weighted by Crippen LogP contribution is 2.30. The van der Waals surface area contributed by atoms with Gasteiger partial charge in [-0.1, -0.05) is 30.7 Å². The van der Waals surface area contributed by atoms with Crippen LogP contribution in [0.25, 0.3) is 0 Å². The average Bonchev–Trinajstić information content (AvgIpc) is 2.20. The largest absolute Gasteiger partial charge is 0.489 e. The molecule has 0 bridgehead atoms. The quantitative estimate of drug-likeness (QED) is 0.706. The zero-order valence-electron chi connectivity index (χ0n) is 8.39. The van der Waals surface area contributed by atoms with Gasteiger partial charge in [-0.3, -0.25) is 0 Å². The van der Waals surface area contributed by atoms with Crippen LogP contribution in [0, 0.1) is 0 Å². The van der Waals surface area contributed by atoms with Gasteiger partial charge in [-0.25, -0.2) is 0 Å². The lowest BCUT2D eigenvalue weighted by molar-refractivity contribution is 0.216. The standard InChI is InChI=1S/C11H14Cl2O/c1-3-8(2)14-11-9(7-12)5-4-6-10(11)13/h4-6,8H,3,7H2,1-2H3. The van der Waals surface area contributed by atoms with Crippen molar-refractivity contribution < 1.29 is 4.74 Å². The molecule has 0 saturated heterocycles. The number of rotatable bonds is 4. The van der Waals surface area contributed by atoms with Gasteiger partial charge in [0.15, 0.2) is 0 Å². The van der Waals surface area contributed by atoms with E-state index in [4.69, 9.17) is 27.9 Å². The van der Waals surface area contributed by atoms with E-state index < -0.39 is 0 Å². The minimum absolute atomic E-state index is 0.164. The Hall–Kier alpha value is -0.400. The van der Waals surface area contributed by atoms with Crippen molar-refractivity contribution in [1.29, 1.82) is 0 Å². The lowest BCUT2D eigenvalue weighted by atomic mass is 10.2. The molecule has 0 amide bonds.